The Morgan fingerprint density at radius 2 is 1.86 bits per heavy atom. The van der Waals surface area contributed by atoms with E-state index in [4.69, 9.17) is 9.15 Å². The van der Waals surface area contributed by atoms with Crippen molar-refractivity contribution in [2.75, 3.05) is 26.2 Å². The number of hydrogen-bond donors (Lipinski definition) is 0. The van der Waals surface area contributed by atoms with Crippen LogP contribution in [0.5, 0.6) is 5.75 Å². The van der Waals surface area contributed by atoms with E-state index in [0.717, 1.165) is 47.6 Å². The Bertz CT molecular complexity index is 1110. The fourth-order valence-electron chi connectivity index (χ4n) is 4.35. The van der Waals surface area contributed by atoms with E-state index in [1.807, 2.05) is 36.4 Å². The molecule has 0 N–H and O–H groups in total. The van der Waals surface area contributed by atoms with E-state index in [-0.39, 0.29) is 5.43 Å². The highest BCUT2D eigenvalue weighted by Crippen LogP contribution is 2.34. The second-order valence-electron chi connectivity index (χ2n) is 7.87. The molecule has 1 saturated heterocycles. The van der Waals surface area contributed by atoms with Gasteiger partial charge in [-0.25, -0.2) is 0 Å². The van der Waals surface area contributed by atoms with Crippen molar-refractivity contribution in [3.05, 3.63) is 75.6 Å². The molecule has 2 aliphatic rings. The lowest BCUT2D eigenvalue weighted by Gasteiger charge is -2.15. The summed E-state index contributed by atoms with van der Waals surface area (Å²) in [6, 6.07) is 15.8. The second kappa shape index (κ2) is 7.88. The van der Waals surface area contributed by atoms with Crippen LogP contribution in [0.3, 0.4) is 0 Å². The normalized spacial score (nSPS) is 17.9. The average molecular weight is 387 g/mol. The van der Waals surface area contributed by atoms with Crippen molar-refractivity contribution in [2.24, 2.45) is 0 Å². The van der Waals surface area contributed by atoms with E-state index in [9.17, 15) is 4.79 Å². The van der Waals surface area contributed by atoms with Crippen LogP contribution in [0.15, 0.2) is 57.7 Å². The lowest BCUT2D eigenvalue weighted by Crippen LogP contribution is -2.25. The maximum absolute atomic E-state index is 13.0. The highest BCUT2D eigenvalue weighted by Gasteiger charge is 2.24. The Kier molecular flexibility index (Phi) is 4.94. The molecule has 4 nitrogen and oxygen atoms in total. The predicted molar refractivity (Wildman–Crippen MR) is 116 cm³/mol. The fourth-order valence-corrected chi connectivity index (χ4v) is 4.35. The lowest BCUT2D eigenvalue weighted by molar-refractivity contribution is 0.238. The molecule has 0 bridgehead atoms. The van der Waals surface area contributed by atoms with Crippen LogP contribution in [0, 0.1) is 0 Å². The zero-order chi connectivity index (χ0) is 19.6. The second-order valence-corrected chi connectivity index (χ2v) is 7.87. The van der Waals surface area contributed by atoms with E-state index >= 15 is 0 Å². The number of benzene rings is 2. The number of rotatable bonds is 5. The van der Waals surface area contributed by atoms with Crippen molar-refractivity contribution in [2.45, 2.75) is 25.7 Å². The highest BCUT2D eigenvalue weighted by atomic mass is 16.5. The third kappa shape index (κ3) is 3.73. The fraction of sp³-hybridized carbons (Fsp3) is 0.320. The maximum Gasteiger partial charge on any atom is 0.196 e. The van der Waals surface area contributed by atoms with Crippen LogP contribution in [0.1, 0.15) is 36.1 Å². The van der Waals surface area contributed by atoms with Crippen molar-refractivity contribution in [1.29, 1.82) is 0 Å². The summed E-state index contributed by atoms with van der Waals surface area (Å²) in [7, 11) is 0. The van der Waals surface area contributed by atoms with Crippen LogP contribution in [0.2, 0.25) is 0 Å². The zero-order valence-corrected chi connectivity index (χ0v) is 16.5. The van der Waals surface area contributed by atoms with E-state index in [1.165, 1.54) is 25.9 Å². The topological polar surface area (TPSA) is 42.7 Å². The van der Waals surface area contributed by atoms with Gasteiger partial charge in [0.15, 0.2) is 5.43 Å². The Morgan fingerprint density at radius 3 is 2.69 bits per heavy atom. The summed E-state index contributed by atoms with van der Waals surface area (Å²) < 4.78 is 12.2. The van der Waals surface area contributed by atoms with Gasteiger partial charge in [-0.3, -0.25) is 9.69 Å². The zero-order valence-electron chi connectivity index (χ0n) is 16.5. The van der Waals surface area contributed by atoms with Gasteiger partial charge in [0.1, 0.15) is 23.7 Å². The molecule has 1 aromatic heterocycles. The van der Waals surface area contributed by atoms with Crippen LogP contribution in [0.4, 0.5) is 0 Å². The maximum atomic E-state index is 13.0. The van der Waals surface area contributed by atoms with E-state index < -0.39 is 0 Å². The first-order valence-electron chi connectivity index (χ1n) is 10.5. The Labute approximate surface area is 170 Å². The standard InChI is InChI=1S/C25H25NO3/c27-24-21-11-9-20(28-15-14-26-12-4-5-13-26)17-23(21)29-25-19(8-10-22(24)25)16-18-6-2-1-3-7-18/h1-3,6-7,9,11,16-17H,4-5,8,10,12-15H2. The number of hydrogen-bond acceptors (Lipinski definition) is 4. The van der Waals surface area contributed by atoms with Crippen molar-refractivity contribution >= 4 is 22.6 Å². The van der Waals surface area contributed by atoms with Gasteiger partial charge in [0.25, 0.3) is 0 Å². The minimum atomic E-state index is 0.0846. The first kappa shape index (κ1) is 18.2. The monoisotopic (exact) mass is 387 g/mol. The number of allylic oxidation sites excluding steroid dienone is 1. The van der Waals surface area contributed by atoms with E-state index in [0.29, 0.717) is 17.6 Å². The molecule has 0 spiro atoms. The van der Waals surface area contributed by atoms with Crippen LogP contribution >= 0.6 is 0 Å². The molecule has 0 saturated carbocycles. The van der Waals surface area contributed by atoms with Gasteiger partial charge in [-0.1, -0.05) is 30.3 Å². The van der Waals surface area contributed by atoms with Crippen LogP contribution in [-0.4, -0.2) is 31.1 Å². The molecule has 5 rings (SSSR count). The molecule has 0 atom stereocenters. The third-order valence-electron chi connectivity index (χ3n) is 5.91. The molecule has 148 valence electrons. The average Bonchev–Trinajstić information content (AvgIpc) is 3.40. The Morgan fingerprint density at radius 1 is 1.03 bits per heavy atom. The number of fused-ring (bicyclic) bond motifs is 2. The summed E-state index contributed by atoms with van der Waals surface area (Å²) in [5.41, 5.74) is 3.69. The van der Waals surface area contributed by atoms with Gasteiger partial charge < -0.3 is 9.15 Å². The van der Waals surface area contributed by atoms with Crippen molar-refractivity contribution < 1.29 is 9.15 Å². The minimum Gasteiger partial charge on any atom is -0.492 e. The first-order chi connectivity index (χ1) is 14.3. The molecule has 0 radical (unpaired) electrons. The first-order valence-corrected chi connectivity index (χ1v) is 10.5. The Balaban J connectivity index is 1.43. The van der Waals surface area contributed by atoms with Gasteiger partial charge in [0, 0.05) is 18.2 Å². The van der Waals surface area contributed by atoms with Crippen LogP contribution < -0.4 is 10.2 Å². The summed E-state index contributed by atoms with van der Waals surface area (Å²) in [5, 5.41) is 0.636. The minimum absolute atomic E-state index is 0.0846. The lowest BCUT2D eigenvalue weighted by atomic mass is 10.1. The molecule has 2 heterocycles. The summed E-state index contributed by atoms with van der Waals surface area (Å²) in [6.45, 7) is 3.92. The molecule has 1 aliphatic carbocycles. The number of likely N-dealkylation sites (tertiary alicyclic amines) is 1. The van der Waals surface area contributed by atoms with Crippen LogP contribution in [0.25, 0.3) is 22.6 Å². The number of ether oxygens (including phenoxy) is 1. The molecule has 3 aromatic rings. The highest BCUT2D eigenvalue weighted by molar-refractivity contribution is 5.87. The van der Waals surface area contributed by atoms with Gasteiger partial charge in [-0.15, -0.1) is 0 Å². The molecular weight excluding hydrogens is 362 g/mol. The molecular formula is C25H25NO3. The molecule has 0 unspecified atom stereocenters. The molecule has 1 fully saturated rings. The van der Waals surface area contributed by atoms with Crippen molar-refractivity contribution in [3.8, 4) is 5.75 Å². The molecule has 4 heteroatoms. The SMILES string of the molecule is O=c1c2c(oc3cc(OCCN4CCCC4)ccc13)C(=Cc1ccccc1)CC2. The molecule has 1 aliphatic heterocycles. The van der Waals surface area contributed by atoms with Crippen LogP contribution in [-0.2, 0) is 6.42 Å². The summed E-state index contributed by atoms with van der Waals surface area (Å²) in [4.78, 5) is 15.4. The van der Waals surface area contributed by atoms with Crippen molar-refractivity contribution in [3.63, 3.8) is 0 Å². The Hall–Kier alpha value is -2.85. The van der Waals surface area contributed by atoms with E-state index in [1.54, 1.807) is 0 Å². The van der Waals surface area contributed by atoms with Gasteiger partial charge >= 0.3 is 0 Å². The van der Waals surface area contributed by atoms with E-state index in [2.05, 4.69) is 23.1 Å². The van der Waals surface area contributed by atoms with Gasteiger partial charge in [-0.2, -0.15) is 0 Å². The van der Waals surface area contributed by atoms with Gasteiger partial charge in [-0.05, 0) is 68.1 Å². The molecule has 29 heavy (non-hydrogen) atoms. The quantitative estimate of drug-likeness (QED) is 0.633. The predicted octanol–water partition coefficient (Wildman–Crippen LogP) is 4.75. The van der Waals surface area contributed by atoms with Gasteiger partial charge in [0.05, 0.1) is 5.39 Å². The summed E-state index contributed by atoms with van der Waals surface area (Å²) in [6.07, 6.45) is 6.26. The summed E-state index contributed by atoms with van der Waals surface area (Å²) >= 11 is 0. The summed E-state index contributed by atoms with van der Waals surface area (Å²) in [5.74, 6) is 1.49. The number of nitrogens with zero attached hydrogens (tertiary/aromatic N) is 1. The molecule has 2 aromatic carbocycles. The third-order valence-corrected chi connectivity index (χ3v) is 5.91. The smallest absolute Gasteiger partial charge is 0.196 e. The molecule has 0 amide bonds. The van der Waals surface area contributed by atoms with Gasteiger partial charge in [0.2, 0.25) is 0 Å². The van der Waals surface area contributed by atoms with Crippen molar-refractivity contribution in [1.82, 2.24) is 4.90 Å². The largest absolute Gasteiger partial charge is 0.492 e.